The maximum Gasteiger partial charge on any atom is 0.160 e. The molecule has 10 aromatic rings. The maximum atomic E-state index is 5.19. The molecule has 0 amide bonds. The Balaban J connectivity index is 1.01. The Labute approximate surface area is 313 Å². The number of rotatable bonds is 6. The van der Waals surface area contributed by atoms with Crippen LogP contribution in [0.15, 0.2) is 200 Å². The quantitative estimate of drug-likeness (QED) is 0.163. The molecule has 0 atom stereocenters. The van der Waals surface area contributed by atoms with Crippen LogP contribution in [0.4, 0.5) is 0 Å². The molecule has 3 nitrogen and oxygen atoms in total. The molecule has 0 N–H and O–H groups in total. The summed E-state index contributed by atoms with van der Waals surface area (Å²) in [5, 5.41) is 6.07. The molecule has 0 saturated carbocycles. The maximum absolute atomic E-state index is 5.19. The number of para-hydroxylation sites is 1. The molecule has 10 rings (SSSR count). The molecule has 0 aliphatic rings. The SMILES string of the molecule is c1ccc(-c2cccc(-c3nc(-c4ccccc4)cc(-c4ccc(-c5ccc(-c6nc7ccccc7c7c6ccc6ccccc67)cc5)cc4)n3)c2)cc1. The van der Waals surface area contributed by atoms with E-state index in [4.69, 9.17) is 15.0 Å². The standard InChI is InChI=1S/C51H33N3/c1-3-12-34(13-4-1)41-17-11-18-42(32-41)51-53-47(38-15-5-2-6-16-38)33-48(54-51)39-26-22-35(23-27-39)36-24-28-40(29-25-36)50-45-31-30-37-14-7-8-19-43(37)49(45)44-20-9-10-21-46(44)52-50/h1-33H. The highest BCUT2D eigenvalue weighted by Gasteiger charge is 2.15. The largest absolute Gasteiger partial charge is 0.247 e. The molecule has 0 aliphatic heterocycles. The summed E-state index contributed by atoms with van der Waals surface area (Å²) >= 11 is 0. The van der Waals surface area contributed by atoms with Gasteiger partial charge in [-0.2, -0.15) is 0 Å². The number of benzene rings is 8. The van der Waals surface area contributed by atoms with Crippen molar-refractivity contribution in [2.24, 2.45) is 0 Å². The summed E-state index contributed by atoms with van der Waals surface area (Å²) < 4.78 is 0. The van der Waals surface area contributed by atoms with Crippen LogP contribution in [0.1, 0.15) is 0 Å². The number of aromatic nitrogens is 3. The predicted octanol–water partition coefficient (Wildman–Crippen LogP) is 13.3. The third-order valence-corrected chi connectivity index (χ3v) is 10.3. The Morgan fingerprint density at radius 1 is 0.278 bits per heavy atom. The molecule has 0 saturated heterocycles. The Kier molecular flexibility index (Phi) is 7.81. The Bertz CT molecular complexity index is 2940. The van der Waals surface area contributed by atoms with Crippen LogP contribution >= 0.6 is 0 Å². The van der Waals surface area contributed by atoms with E-state index in [9.17, 15) is 0 Å². The van der Waals surface area contributed by atoms with Gasteiger partial charge in [0.25, 0.3) is 0 Å². The molecule has 0 spiro atoms. The highest BCUT2D eigenvalue weighted by molar-refractivity contribution is 6.22. The minimum atomic E-state index is 0.701. The molecule has 54 heavy (non-hydrogen) atoms. The first kappa shape index (κ1) is 31.5. The molecule has 0 radical (unpaired) electrons. The highest BCUT2D eigenvalue weighted by Crippen LogP contribution is 2.38. The van der Waals surface area contributed by atoms with Crippen molar-refractivity contribution < 1.29 is 0 Å². The van der Waals surface area contributed by atoms with E-state index in [-0.39, 0.29) is 0 Å². The van der Waals surface area contributed by atoms with Gasteiger partial charge in [0.1, 0.15) is 0 Å². The Hall–Kier alpha value is -7.23. The molecule has 0 fully saturated rings. The summed E-state index contributed by atoms with van der Waals surface area (Å²) in [5.41, 5.74) is 12.5. The second-order valence-electron chi connectivity index (χ2n) is 13.6. The molecule has 8 aromatic carbocycles. The predicted molar refractivity (Wildman–Crippen MR) is 225 cm³/mol. The van der Waals surface area contributed by atoms with E-state index >= 15 is 0 Å². The van der Waals surface area contributed by atoms with Crippen molar-refractivity contribution in [1.29, 1.82) is 0 Å². The molecule has 3 heteroatoms. The monoisotopic (exact) mass is 687 g/mol. The lowest BCUT2D eigenvalue weighted by molar-refractivity contribution is 1.18. The van der Waals surface area contributed by atoms with Crippen LogP contribution in [0.5, 0.6) is 0 Å². The van der Waals surface area contributed by atoms with Gasteiger partial charge in [0.05, 0.1) is 22.6 Å². The van der Waals surface area contributed by atoms with Gasteiger partial charge in [-0.15, -0.1) is 0 Å². The van der Waals surface area contributed by atoms with Gasteiger partial charge in [0.2, 0.25) is 0 Å². The fourth-order valence-electron chi connectivity index (χ4n) is 7.55. The summed E-state index contributed by atoms with van der Waals surface area (Å²) in [7, 11) is 0. The zero-order chi connectivity index (χ0) is 35.8. The van der Waals surface area contributed by atoms with E-state index in [1.54, 1.807) is 0 Å². The van der Waals surface area contributed by atoms with Crippen LogP contribution in [0.2, 0.25) is 0 Å². The van der Waals surface area contributed by atoms with Crippen LogP contribution in [0.3, 0.4) is 0 Å². The van der Waals surface area contributed by atoms with Crippen molar-refractivity contribution in [3.63, 3.8) is 0 Å². The zero-order valence-electron chi connectivity index (χ0n) is 29.4. The molecular formula is C51H33N3. The zero-order valence-corrected chi connectivity index (χ0v) is 29.4. The number of fused-ring (bicyclic) bond motifs is 5. The number of pyridine rings is 1. The first-order valence-corrected chi connectivity index (χ1v) is 18.3. The van der Waals surface area contributed by atoms with Crippen LogP contribution < -0.4 is 0 Å². The first-order valence-electron chi connectivity index (χ1n) is 18.3. The van der Waals surface area contributed by atoms with E-state index in [1.807, 2.05) is 24.3 Å². The summed E-state index contributed by atoms with van der Waals surface area (Å²) in [5.74, 6) is 0.701. The van der Waals surface area contributed by atoms with Gasteiger partial charge in [0, 0.05) is 38.4 Å². The number of hydrogen-bond acceptors (Lipinski definition) is 3. The average molecular weight is 688 g/mol. The topological polar surface area (TPSA) is 38.7 Å². The van der Waals surface area contributed by atoms with Crippen LogP contribution in [0.25, 0.3) is 99.9 Å². The number of nitrogens with zero attached hydrogens (tertiary/aromatic N) is 3. The molecule has 0 aliphatic carbocycles. The second kappa shape index (κ2) is 13.4. The number of hydrogen-bond donors (Lipinski definition) is 0. The lowest BCUT2D eigenvalue weighted by atomic mass is 9.94. The van der Waals surface area contributed by atoms with Gasteiger partial charge < -0.3 is 0 Å². The molecule has 0 bridgehead atoms. The molecular weight excluding hydrogens is 655 g/mol. The smallest absolute Gasteiger partial charge is 0.160 e. The van der Waals surface area contributed by atoms with E-state index < -0.39 is 0 Å². The fraction of sp³-hybridized carbons (Fsp3) is 0. The van der Waals surface area contributed by atoms with Gasteiger partial charge in [-0.25, -0.2) is 15.0 Å². The average Bonchev–Trinajstić information content (AvgIpc) is 3.26. The third-order valence-electron chi connectivity index (χ3n) is 10.3. The van der Waals surface area contributed by atoms with Crippen LogP contribution in [-0.4, -0.2) is 15.0 Å². The summed E-state index contributed by atoms with van der Waals surface area (Å²) in [6, 6.07) is 70.3. The van der Waals surface area contributed by atoms with Crippen molar-refractivity contribution in [3.05, 3.63) is 200 Å². The van der Waals surface area contributed by atoms with Crippen molar-refractivity contribution in [1.82, 2.24) is 15.0 Å². The van der Waals surface area contributed by atoms with E-state index in [0.29, 0.717) is 5.82 Å². The molecule has 2 aromatic heterocycles. The first-order chi connectivity index (χ1) is 26.7. The van der Waals surface area contributed by atoms with Crippen LogP contribution in [0, 0.1) is 0 Å². The van der Waals surface area contributed by atoms with Crippen molar-refractivity contribution in [3.8, 4) is 67.4 Å². The van der Waals surface area contributed by atoms with Gasteiger partial charge >= 0.3 is 0 Å². The van der Waals surface area contributed by atoms with Crippen molar-refractivity contribution in [2.75, 3.05) is 0 Å². The summed E-state index contributed by atoms with van der Waals surface area (Å²) in [4.78, 5) is 15.4. The van der Waals surface area contributed by atoms with Crippen LogP contribution in [-0.2, 0) is 0 Å². The minimum absolute atomic E-state index is 0.701. The van der Waals surface area contributed by atoms with Gasteiger partial charge in [-0.05, 0) is 51.2 Å². The van der Waals surface area contributed by atoms with Gasteiger partial charge in [-0.3, -0.25) is 0 Å². The van der Waals surface area contributed by atoms with Crippen molar-refractivity contribution in [2.45, 2.75) is 0 Å². The third kappa shape index (κ3) is 5.78. The molecule has 2 heterocycles. The summed E-state index contributed by atoms with van der Waals surface area (Å²) in [6.07, 6.45) is 0. The second-order valence-corrected chi connectivity index (χ2v) is 13.6. The lowest BCUT2D eigenvalue weighted by Gasteiger charge is -2.13. The highest BCUT2D eigenvalue weighted by atomic mass is 14.9. The molecule has 252 valence electrons. The Morgan fingerprint density at radius 2 is 0.796 bits per heavy atom. The minimum Gasteiger partial charge on any atom is -0.247 e. The fourth-order valence-corrected chi connectivity index (χ4v) is 7.55. The van der Waals surface area contributed by atoms with Crippen molar-refractivity contribution >= 4 is 32.4 Å². The lowest BCUT2D eigenvalue weighted by Crippen LogP contribution is -1.96. The normalized spacial score (nSPS) is 11.3. The molecule has 0 unspecified atom stereocenters. The summed E-state index contributed by atoms with van der Waals surface area (Å²) in [6.45, 7) is 0. The van der Waals surface area contributed by atoms with E-state index in [1.165, 1.54) is 21.5 Å². The van der Waals surface area contributed by atoms with E-state index in [2.05, 4.69) is 176 Å². The van der Waals surface area contributed by atoms with E-state index in [0.717, 1.165) is 72.5 Å². The van der Waals surface area contributed by atoms with Gasteiger partial charge in [0.15, 0.2) is 5.82 Å². The van der Waals surface area contributed by atoms with Gasteiger partial charge in [-0.1, -0.05) is 182 Å². The Morgan fingerprint density at radius 3 is 1.52 bits per heavy atom.